The fourth-order valence-corrected chi connectivity index (χ4v) is 7.65. The topological polar surface area (TPSA) is 299 Å². The Hall–Kier alpha value is -4.68. The fraction of sp³-hybridized carbons (Fsp3) is 0.209. The average molecular weight is 940 g/mol. The Labute approximate surface area is 420 Å². The van der Waals surface area contributed by atoms with Gasteiger partial charge in [0.25, 0.3) is 0 Å². The first-order valence-electron chi connectivity index (χ1n) is 19.4. The van der Waals surface area contributed by atoms with Gasteiger partial charge in [0.1, 0.15) is 37.3 Å². The number of nitrogens with zero attached hydrogens (tertiary/aromatic N) is 5. The van der Waals surface area contributed by atoms with Crippen LogP contribution in [0.4, 0.5) is 45.5 Å². The van der Waals surface area contributed by atoms with E-state index in [0.29, 0.717) is 47.2 Å². The van der Waals surface area contributed by atoms with E-state index in [1.54, 1.807) is 73.7 Å². The van der Waals surface area contributed by atoms with E-state index in [2.05, 4.69) is 43.2 Å². The summed E-state index contributed by atoms with van der Waals surface area (Å²) in [5, 5.41) is 34.1. The van der Waals surface area contributed by atoms with Crippen LogP contribution in [0.1, 0.15) is 46.8 Å². The van der Waals surface area contributed by atoms with Gasteiger partial charge in [-0.15, -0.1) is 10.2 Å². The van der Waals surface area contributed by atoms with Gasteiger partial charge in [0, 0.05) is 18.8 Å². The minimum atomic E-state index is -5.35. The summed E-state index contributed by atoms with van der Waals surface area (Å²) < 4.78 is 79.6. The van der Waals surface area contributed by atoms with Crippen LogP contribution in [0.25, 0.3) is 17.2 Å². The number of hydrogen-bond acceptors (Lipinski definition) is 18. The molecule has 7 N–H and O–H groups in total. The van der Waals surface area contributed by atoms with Crippen LogP contribution in [-0.2, 0) is 25.0 Å². The summed E-state index contributed by atoms with van der Waals surface area (Å²) in [5.74, 6) is -1.14. The van der Waals surface area contributed by atoms with Gasteiger partial charge in [0.2, 0.25) is 5.78 Å². The normalized spacial score (nSPS) is 13.8. The Bertz CT molecular complexity index is 2920. The average Bonchev–Trinajstić information content (AvgIpc) is 3.23. The Balaban J connectivity index is 0.00000462. The monoisotopic (exact) mass is 939 g/mol. The number of hydrogen-bond donors (Lipinski definition) is 5. The summed E-state index contributed by atoms with van der Waals surface area (Å²) in [6, 6.07) is 24.8. The zero-order chi connectivity index (χ0) is 45.5. The second-order valence-corrected chi connectivity index (χ2v) is 17.1. The van der Waals surface area contributed by atoms with Gasteiger partial charge in [-0.25, -0.2) is 16.8 Å². The van der Waals surface area contributed by atoms with Crippen LogP contribution in [0.5, 0.6) is 0 Å². The van der Waals surface area contributed by atoms with Crippen LogP contribution in [0, 0.1) is 13.8 Å². The van der Waals surface area contributed by atoms with E-state index < -0.39 is 70.1 Å². The van der Waals surface area contributed by atoms with Crippen molar-refractivity contribution in [3.8, 4) is 11.1 Å². The van der Waals surface area contributed by atoms with Gasteiger partial charge in [-0.2, -0.15) is 15.3 Å². The second-order valence-electron chi connectivity index (χ2n) is 14.4. The zero-order valence-corrected chi connectivity index (χ0v) is 41.9. The van der Waals surface area contributed by atoms with Crippen molar-refractivity contribution in [2.45, 2.75) is 44.6 Å². The van der Waals surface area contributed by atoms with E-state index in [9.17, 15) is 35.8 Å². The number of anilines is 4. The number of hydrazone groups is 1. The van der Waals surface area contributed by atoms with Gasteiger partial charge in [-0.1, -0.05) is 43.7 Å². The maximum Gasteiger partial charge on any atom is 1.00 e. The van der Waals surface area contributed by atoms with E-state index in [0.717, 1.165) is 41.7 Å². The van der Waals surface area contributed by atoms with Crippen molar-refractivity contribution in [2.75, 3.05) is 42.0 Å². The van der Waals surface area contributed by atoms with Gasteiger partial charge in [-0.3, -0.25) is 10.2 Å². The molecule has 0 saturated heterocycles. The maximum absolute atomic E-state index is 13.8. The molecule has 18 nitrogen and oxygen atoms in total. The van der Waals surface area contributed by atoms with Crippen molar-refractivity contribution in [1.82, 2.24) is 0 Å². The van der Waals surface area contributed by atoms with Crippen LogP contribution >= 0.6 is 0 Å². The number of carbonyl (C=O) groups excluding carboxylic acids is 1. The summed E-state index contributed by atoms with van der Waals surface area (Å²) in [5.41, 5.74) is 18.0. The summed E-state index contributed by atoms with van der Waals surface area (Å²) >= 11 is 0. The number of unbranched alkanes of at least 4 members (excludes halogenated alkanes) is 1. The number of carbonyl (C=O) groups is 1. The number of benzene rings is 5. The first-order chi connectivity index (χ1) is 29.9. The molecule has 0 bridgehead atoms. The standard InChI is InChI=1S/C43H45N9O9S2.2Na/c1-4-5-17-61-24-32(53)23-46-31-13-16-36(33(44)22-31)50-48-34-14-11-27(18-25(34)2)28-12-15-35(26(3)19-28)49-51-41-37(62(55,56)57)20-29-21-38(63(58,59)60)42(43(54)39(29)40(41)45)52-47-30-9-7-6-8-10-30;;/h6-16,18-22,32,46-47,53H,4-5,17,23-24,44-45H2,1-3H3,(H,55,56,57)(H,58,59,60);;/q;2*+1/p-2. The smallest absolute Gasteiger partial charge is 0.744 e. The number of nitrogen functional groups attached to an aromatic ring is 2. The molecule has 0 spiro atoms. The number of aliphatic hydroxyl groups excluding tert-OH is 1. The van der Waals surface area contributed by atoms with Gasteiger partial charge in [0.15, 0.2) is 0 Å². The van der Waals surface area contributed by atoms with Gasteiger partial charge < -0.3 is 35.7 Å². The molecule has 328 valence electrons. The summed E-state index contributed by atoms with van der Waals surface area (Å²) in [6.07, 6.45) is 2.02. The summed E-state index contributed by atoms with van der Waals surface area (Å²) in [7, 11) is -10.7. The summed E-state index contributed by atoms with van der Waals surface area (Å²) in [6.45, 7) is 6.82. The molecule has 1 unspecified atom stereocenters. The Morgan fingerprint density at radius 3 is 1.94 bits per heavy atom. The fourth-order valence-electron chi connectivity index (χ4n) is 6.34. The largest absolute Gasteiger partial charge is 1.00 e. The van der Waals surface area contributed by atoms with E-state index >= 15 is 0 Å². The molecule has 1 aliphatic rings. The third kappa shape index (κ3) is 13.5. The molecule has 5 aromatic carbocycles. The van der Waals surface area contributed by atoms with Crippen molar-refractivity contribution in [1.29, 1.82) is 0 Å². The minimum Gasteiger partial charge on any atom is -0.744 e. The third-order valence-corrected chi connectivity index (χ3v) is 11.4. The molecule has 22 heteroatoms. The number of nitrogens with two attached hydrogens (primary N) is 2. The van der Waals surface area contributed by atoms with Crippen molar-refractivity contribution < 1.29 is 99.7 Å². The number of fused-ring (bicyclic) bond motifs is 1. The van der Waals surface area contributed by atoms with E-state index in [4.69, 9.17) is 16.2 Å². The van der Waals surface area contributed by atoms with Crippen molar-refractivity contribution >= 4 is 83.3 Å². The first-order valence-corrected chi connectivity index (χ1v) is 22.2. The second kappa shape index (κ2) is 23.2. The van der Waals surface area contributed by atoms with E-state index in [1.165, 1.54) is 0 Å². The Morgan fingerprint density at radius 1 is 0.769 bits per heavy atom. The molecule has 6 rings (SSSR count). The van der Waals surface area contributed by atoms with Gasteiger partial charge in [-0.05, 0) is 115 Å². The number of para-hydroxylation sites is 1. The number of aryl methyl sites for hydroxylation is 2. The predicted molar refractivity (Wildman–Crippen MR) is 239 cm³/mol. The molecular weight excluding hydrogens is 897 g/mol. The minimum absolute atomic E-state index is 0. The molecule has 0 saturated carbocycles. The number of ketones is 1. The number of nitrogens with one attached hydrogen (secondary N) is 2. The van der Waals surface area contributed by atoms with Crippen molar-refractivity contribution in [3.63, 3.8) is 0 Å². The third-order valence-electron chi connectivity index (χ3n) is 9.68. The van der Waals surface area contributed by atoms with Crippen LogP contribution < -0.4 is 81.3 Å². The SMILES string of the molecule is CCCCOCC(O)CNc1ccc(N=Nc2ccc(-c3ccc(N=Nc4c(S(=O)(=O)[O-])cc5c(c4N)C(=O)C(=NNc4ccccc4)C(S(=O)(=O)[O-])=C5)c(C)c3)cc2C)c(N)c1.[Na+].[Na+]. The van der Waals surface area contributed by atoms with Crippen LogP contribution in [-0.4, -0.2) is 68.4 Å². The number of azo groups is 2. The number of ether oxygens (including phenoxy) is 1. The molecule has 0 radical (unpaired) electrons. The molecule has 1 atom stereocenters. The van der Waals surface area contributed by atoms with Crippen LogP contribution in [0.2, 0.25) is 0 Å². The van der Waals surface area contributed by atoms with E-state index in [1.807, 2.05) is 25.1 Å². The molecule has 1 aliphatic carbocycles. The maximum atomic E-state index is 13.8. The van der Waals surface area contributed by atoms with Gasteiger partial charge >= 0.3 is 59.1 Å². The number of allylic oxidation sites excluding steroid dienone is 1. The molecule has 0 fully saturated rings. The van der Waals surface area contributed by atoms with Gasteiger partial charge in [0.05, 0.1) is 56.5 Å². The Morgan fingerprint density at radius 2 is 1.37 bits per heavy atom. The molecule has 0 aromatic heterocycles. The van der Waals surface area contributed by atoms with Crippen molar-refractivity contribution in [3.05, 3.63) is 118 Å². The molecule has 5 aromatic rings. The van der Waals surface area contributed by atoms with Crippen molar-refractivity contribution in [2.24, 2.45) is 25.6 Å². The predicted octanol–water partition coefficient (Wildman–Crippen LogP) is 2.02. The van der Waals surface area contributed by atoms with Crippen LogP contribution in [0.15, 0.2) is 126 Å². The summed E-state index contributed by atoms with van der Waals surface area (Å²) in [4.78, 5) is 11.7. The number of aliphatic hydroxyl groups is 1. The molecule has 65 heavy (non-hydrogen) atoms. The quantitative estimate of drug-likeness (QED) is 0.0223. The number of Topliss-reactive ketones (excluding diaryl/α,β-unsaturated/α-hetero) is 1. The molecule has 0 aliphatic heterocycles. The molecular formula is C43H43N9Na2O9S2. The first kappa shape index (κ1) is 52.9. The zero-order valence-electron chi connectivity index (χ0n) is 36.3. The van der Waals surface area contributed by atoms with Crippen LogP contribution in [0.3, 0.4) is 0 Å². The number of rotatable bonds is 17. The Kier molecular flexibility index (Phi) is 18.9. The molecule has 0 amide bonds. The molecule has 0 heterocycles. The van der Waals surface area contributed by atoms with E-state index in [-0.39, 0.29) is 71.4 Å².